The van der Waals surface area contributed by atoms with Crippen LogP contribution in [0.4, 0.5) is 0 Å². The Morgan fingerprint density at radius 3 is 1.86 bits per heavy atom. The van der Waals surface area contributed by atoms with Crippen LogP contribution in [-0.2, 0) is 18.3 Å². The number of rotatable bonds is 4. The van der Waals surface area contributed by atoms with Crippen molar-refractivity contribution in [2.45, 2.75) is 142 Å². The van der Waals surface area contributed by atoms with E-state index in [1.54, 1.807) is 0 Å². The Morgan fingerprint density at radius 2 is 1.39 bits per heavy atom. The van der Waals surface area contributed by atoms with Gasteiger partial charge in [-0.15, -0.1) is 0 Å². The molecule has 0 aromatic heterocycles. The zero-order valence-corrected chi connectivity index (χ0v) is 21.3. The van der Waals surface area contributed by atoms with Gasteiger partial charge in [0.15, 0.2) is 5.79 Å². The van der Waals surface area contributed by atoms with Gasteiger partial charge in [-0.1, -0.05) is 62.3 Å². The molecule has 0 spiro atoms. The first-order valence-electron chi connectivity index (χ1n) is 11.3. The highest BCUT2D eigenvalue weighted by atomic mass is 28.4. The minimum Gasteiger partial charge on any atom is -0.390 e. The summed E-state index contributed by atoms with van der Waals surface area (Å²) in [4.78, 5) is 0. The van der Waals surface area contributed by atoms with E-state index in [1.807, 2.05) is 13.8 Å². The Bertz CT molecular complexity index is 504. The van der Waals surface area contributed by atoms with E-state index in [0.717, 1.165) is 25.7 Å². The smallest absolute Gasteiger partial charge is 0.349 e. The minimum atomic E-state index is -2.48. The Balaban J connectivity index is 2.25. The quantitative estimate of drug-likeness (QED) is 0.488. The average Bonchev–Trinajstić information content (AvgIpc) is 2.50. The first-order valence-corrected chi connectivity index (χ1v) is 13.1. The molecule has 166 valence electrons. The van der Waals surface area contributed by atoms with Crippen LogP contribution in [0, 0.1) is 5.92 Å². The molecule has 5 heteroatoms. The molecule has 0 amide bonds. The summed E-state index contributed by atoms with van der Waals surface area (Å²) in [7, 11) is -2.48. The Kier molecular flexibility index (Phi) is 7.21. The minimum absolute atomic E-state index is 0.00755. The lowest BCUT2D eigenvalue weighted by Gasteiger charge is -2.55. The summed E-state index contributed by atoms with van der Waals surface area (Å²) < 4.78 is 26.3. The van der Waals surface area contributed by atoms with E-state index < -0.39 is 14.3 Å². The van der Waals surface area contributed by atoms with Crippen LogP contribution in [0.5, 0.6) is 0 Å². The third-order valence-corrected chi connectivity index (χ3v) is 11.6. The molecular weight excluding hydrogens is 368 g/mol. The fourth-order valence-corrected chi connectivity index (χ4v) is 10.2. The predicted molar refractivity (Wildman–Crippen MR) is 118 cm³/mol. The number of ether oxygens (including phenoxy) is 2. The van der Waals surface area contributed by atoms with Crippen LogP contribution in [0.2, 0.25) is 10.1 Å². The van der Waals surface area contributed by atoms with Gasteiger partial charge in [0.05, 0.1) is 18.3 Å². The zero-order chi connectivity index (χ0) is 21.5. The van der Waals surface area contributed by atoms with Crippen LogP contribution in [0.3, 0.4) is 0 Å². The third kappa shape index (κ3) is 5.21. The van der Waals surface area contributed by atoms with E-state index in [9.17, 15) is 0 Å². The van der Waals surface area contributed by atoms with Crippen molar-refractivity contribution in [2.75, 3.05) is 0 Å². The average molecular weight is 415 g/mol. The second kappa shape index (κ2) is 8.30. The topological polar surface area (TPSA) is 36.9 Å². The maximum absolute atomic E-state index is 7.00. The SMILES string of the molecule is CC[C@@H]1C[C@@H](C[C@H]2C[C@H](C(C)C)OC(C)(C)O2)O[Si](C(C)(C)C)(C(C)(C)C)O1. The van der Waals surface area contributed by atoms with E-state index in [1.165, 1.54) is 0 Å². The first kappa shape index (κ1) is 24.3. The van der Waals surface area contributed by atoms with Gasteiger partial charge in [0, 0.05) is 22.6 Å². The van der Waals surface area contributed by atoms with Gasteiger partial charge >= 0.3 is 8.56 Å². The zero-order valence-electron chi connectivity index (χ0n) is 20.3. The molecule has 0 aliphatic carbocycles. The van der Waals surface area contributed by atoms with Crippen LogP contribution >= 0.6 is 0 Å². The summed E-state index contributed by atoms with van der Waals surface area (Å²) in [5, 5.41) is 0.0151. The second-order valence-corrected chi connectivity index (χ2v) is 16.5. The highest BCUT2D eigenvalue weighted by Crippen LogP contribution is 2.55. The summed E-state index contributed by atoms with van der Waals surface area (Å²) in [6, 6.07) is 0. The molecule has 2 heterocycles. The molecule has 2 aliphatic rings. The summed E-state index contributed by atoms with van der Waals surface area (Å²) in [5.41, 5.74) is 0. The third-order valence-electron chi connectivity index (χ3n) is 6.27. The summed E-state index contributed by atoms with van der Waals surface area (Å²) >= 11 is 0. The molecule has 2 saturated heterocycles. The lowest BCUT2D eigenvalue weighted by atomic mass is 9.94. The van der Waals surface area contributed by atoms with Crippen LogP contribution in [0.25, 0.3) is 0 Å². The van der Waals surface area contributed by atoms with Crippen LogP contribution in [-0.4, -0.2) is 38.8 Å². The molecule has 2 aliphatic heterocycles. The molecule has 0 radical (unpaired) electrons. The molecule has 4 nitrogen and oxygen atoms in total. The maximum Gasteiger partial charge on any atom is 0.349 e. The van der Waals surface area contributed by atoms with Crippen molar-refractivity contribution in [1.82, 2.24) is 0 Å². The summed E-state index contributed by atoms with van der Waals surface area (Å²) in [6.07, 6.45) is 4.74. The molecular formula is C23H46O4Si. The van der Waals surface area contributed by atoms with Crippen molar-refractivity contribution in [3.63, 3.8) is 0 Å². The van der Waals surface area contributed by atoms with E-state index in [-0.39, 0.29) is 34.5 Å². The van der Waals surface area contributed by atoms with Gasteiger partial charge in [-0.3, -0.25) is 0 Å². The van der Waals surface area contributed by atoms with E-state index in [0.29, 0.717) is 5.92 Å². The van der Waals surface area contributed by atoms with Gasteiger partial charge in [-0.05, 0) is 39.0 Å². The molecule has 0 bridgehead atoms. The highest BCUT2D eigenvalue weighted by Gasteiger charge is 2.62. The molecule has 0 N–H and O–H groups in total. The van der Waals surface area contributed by atoms with Gasteiger partial charge < -0.3 is 18.3 Å². The summed E-state index contributed by atoms with van der Waals surface area (Å²) in [6.45, 7) is 24.5. The molecule has 0 saturated carbocycles. The predicted octanol–water partition coefficient (Wildman–Crippen LogP) is 6.57. The normalized spacial score (nSPS) is 33.9. The monoisotopic (exact) mass is 414 g/mol. The maximum atomic E-state index is 7.00. The van der Waals surface area contributed by atoms with Gasteiger partial charge in [0.1, 0.15) is 0 Å². The van der Waals surface area contributed by atoms with E-state index >= 15 is 0 Å². The lowest BCUT2D eigenvalue weighted by Crippen LogP contribution is -2.64. The first-order chi connectivity index (χ1) is 12.6. The highest BCUT2D eigenvalue weighted by molar-refractivity contribution is 6.73. The molecule has 0 aromatic rings. The van der Waals surface area contributed by atoms with Crippen molar-refractivity contribution in [2.24, 2.45) is 5.92 Å². The lowest BCUT2D eigenvalue weighted by molar-refractivity contribution is -0.309. The van der Waals surface area contributed by atoms with Crippen molar-refractivity contribution in [3.05, 3.63) is 0 Å². The second-order valence-electron chi connectivity index (χ2n) is 11.8. The molecule has 28 heavy (non-hydrogen) atoms. The Hall–Kier alpha value is 0.0569. The van der Waals surface area contributed by atoms with Crippen LogP contribution in [0.1, 0.15) is 102 Å². The fourth-order valence-electron chi connectivity index (χ4n) is 5.11. The van der Waals surface area contributed by atoms with Crippen LogP contribution in [0.15, 0.2) is 0 Å². The van der Waals surface area contributed by atoms with Gasteiger partial charge in [-0.2, -0.15) is 0 Å². The largest absolute Gasteiger partial charge is 0.390 e. The molecule has 4 atom stereocenters. The molecule has 2 rings (SSSR count). The van der Waals surface area contributed by atoms with Crippen LogP contribution < -0.4 is 0 Å². The van der Waals surface area contributed by atoms with E-state index in [4.69, 9.17) is 18.3 Å². The standard InChI is InChI=1S/C23H46O4Si/c1-12-17-13-19(27-28(26-17,21(4,5)6)22(7,8)9)14-18-15-20(16(2)3)25-23(10,11)24-18/h16-20H,12-15H2,1-11H3/t17-,18+,19+,20-/m1/s1. The van der Waals surface area contributed by atoms with Gasteiger partial charge in [0.25, 0.3) is 0 Å². The number of hydrogen-bond donors (Lipinski definition) is 0. The van der Waals surface area contributed by atoms with Crippen molar-refractivity contribution in [1.29, 1.82) is 0 Å². The van der Waals surface area contributed by atoms with Gasteiger partial charge in [-0.25, -0.2) is 0 Å². The van der Waals surface area contributed by atoms with Crippen molar-refractivity contribution >= 4 is 8.56 Å². The van der Waals surface area contributed by atoms with Crippen molar-refractivity contribution < 1.29 is 18.3 Å². The molecule has 0 unspecified atom stereocenters. The Morgan fingerprint density at radius 1 is 0.857 bits per heavy atom. The fraction of sp³-hybridized carbons (Fsp3) is 1.00. The summed E-state index contributed by atoms with van der Waals surface area (Å²) in [5.74, 6) is -0.0438. The molecule has 0 aromatic carbocycles. The molecule has 2 fully saturated rings. The number of hydrogen-bond acceptors (Lipinski definition) is 4. The Labute approximate surface area is 175 Å². The van der Waals surface area contributed by atoms with E-state index in [2.05, 4.69) is 62.3 Å². The van der Waals surface area contributed by atoms with Crippen molar-refractivity contribution in [3.8, 4) is 0 Å². The van der Waals surface area contributed by atoms with Gasteiger partial charge in [0.2, 0.25) is 0 Å².